The van der Waals surface area contributed by atoms with E-state index in [1.807, 2.05) is 13.0 Å². The van der Waals surface area contributed by atoms with E-state index in [-0.39, 0.29) is 11.8 Å². The molecule has 0 bridgehead atoms. The maximum Gasteiger partial charge on any atom is 0.179 e. The molecule has 1 aromatic rings. The van der Waals surface area contributed by atoms with Gasteiger partial charge in [0.15, 0.2) is 5.78 Å². The molecule has 3 nitrogen and oxygen atoms in total. The molecule has 2 unspecified atom stereocenters. The van der Waals surface area contributed by atoms with Crippen LogP contribution in [0.2, 0.25) is 0 Å². The van der Waals surface area contributed by atoms with Gasteiger partial charge in [-0.1, -0.05) is 19.3 Å². The van der Waals surface area contributed by atoms with Gasteiger partial charge in [-0.05, 0) is 56.9 Å². The highest BCUT2D eigenvalue weighted by Gasteiger charge is 2.23. The largest absolute Gasteiger partial charge is 0.382 e. The minimum atomic E-state index is -0.0852. The number of ketones is 1. The minimum Gasteiger partial charge on any atom is -0.382 e. The fraction of sp³-hybridized carbons (Fsp3) is 0.611. The van der Waals surface area contributed by atoms with Gasteiger partial charge < -0.3 is 10.6 Å². The van der Waals surface area contributed by atoms with Crippen molar-refractivity contribution < 1.29 is 4.79 Å². The average molecular weight is 286 g/mol. The van der Waals surface area contributed by atoms with Gasteiger partial charge in [0.2, 0.25) is 0 Å². The molecule has 1 fully saturated rings. The van der Waals surface area contributed by atoms with Gasteiger partial charge in [-0.15, -0.1) is 0 Å². The molecule has 21 heavy (non-hydrogen) atoms. The lowest BCUT2D eigenvalue weighted by molar-refractivity contribution is 0.0940. The van der Waals surface area contributed by atoms with Crippen LogP contribution < -0.4 is 10.6 Å². The summed E-state index contributed by atoms with van der Waals surface area (Å²) in [6.45, 7) is 4.18. The molecule has 0 saturated heterocycles. The fourth-order valence-corrected chi connectivity index (χ4v) is 3.65. The Kier molecular flexibility index (Phi) is 4.29. The molecule has 1 aromatic carbocycles. The second kappa shape index (κ2) is 6.18. The summed E-state index contributed by atoms with van der Waals surface area (Å²) >= 11 is 0. The quantitative estimate of drug-likeness (QED) is 0.832. The summed E-state index contributed by atoms with van der Waals surface area (Å²) in [5, 5.41) is 6.96. The third-order valence-electron chi connectivity index (χ3n) is 4.80. The third-order valence-corrected chi connectivity index (χ3v) is 4.80. The number of carbonyl (C=O) groups excluding carboxylic acids is 1. The Bertz CT molecular complexity index is 520. The van der Waals surface area contributed by atoms with Crippen LogP contribution in [0.15, 0.2) is 18.2 Å². The van der Waals surface area contributed by atoms with E-state index >= 15 is 0 Å². The first-order valence-electron chi connectivity index (χ1n) is 8.33. The Balaban J connectivity index is 1.65. The van der Waals surface area contributed by atoms with Crippen molar-refractivity contribution in [1.29, 1.82) is 0 Å². The van der Waals surface area contributed by atoms with Crippen LogP contribution in [0.5, 0.6) is 0 Å². The lowest BCUT2D eigenvalue weighted by Crippen LogP contribution is -2.42. The molecule has 114 valence electrons. The van der Waals surface area contributed by atoms with Gasteiger partial charge in [0.25, 0.3) is 0 Å². The first-order valence-corrected chi connectivity index (χ1v) is 8.33. The Morgan fingerprint density at radius 1 is 1.29 bits per heavy atom. The van der Waals surface area contributed by atoms with Crippen molar-refractivity contribution in [2.24, 2.45) is 0 Å². The second-order valence-electron chi connectivity index (χ2n) is 6.71. The summed E-state index contributed by atoms with van der Waals surface area (Å²) in [4.78, 5) is 12.6. The van der Waals surface area contributed by atoms with Crippen molar-refractivity contribution in [3.8, 4) is 0 Å². The predicted molar refractivity (Wildman–Crippen MR) is 87.0 cm³/mol. The summed E-state index contributed by atoms with van der Waals surface area (Å²) in [5.41, 5.74) is 3.31. The van der Waals surface area contributed by atoms with E-state index < -0.39 is 0 Å². The van der Waals surface area contributed by atoms with Gasteiger partial charge in [-0.3, -0.25) is 4.79 Å². The number of Topliss-reactive ketones (excluding diaryl/α,β-unsaturated/α-hetero) is 1. The molecule has 1 saturated carbocycles. The van der Waals surface area contributed by atoms with Gasteiger partial charge in [0, 0.05) is 23.3 Å². The molecule has 1 aliphatic heterocycles. The first kappa shape index (κ1) is 14.6. The van der Waals surface area contributed by atoms with Gasteiger partial charge in [0.1, 0.15) is 0 Å². The molecule has 2 N–H and O–H groups in total. The summed E-state index contributed by atoms with van der Waals surface area (Å²) in [7, 11) is 0. The molecule has 0 spiro atoms. The molecule has 3 rings (SSSR count). The molecule has 3 heteroatoms. The SMILES string of the molecule is CC1Cc2cc(C(=O)C(C)NC3CCCCC3)ccc2N1. The van der Waals surface area contributed by atoms with Crippen LogP contribution in [-0.4, -0.2) is 23.9 Å². The van der Waals surface area contributed by atoms with Crippen LogP contribution in [0, 0.1) is 0 Å². The molecule has 2 atom stereocenters. The van der Waals surface area contributed by atoms with Crippen molar-refractivity contribution in [2.45, 2.75) is 70.5 Å². The maximum absolute atomic E-state index is 12.6. The smallest absolute Gasteiger partial charge is 0.179 e. The van der Waals surface area contributed by atoms with Crippen LogP contribution >= 0.6 is 0 Å². The number of hydrogen-bond donors (Lipinski definition) is 2. The van der Waals surface area contributed by atoms with Crippen molar-refractivity contribution in [3.05, 3.63) is 29.3 Å². The zero-order chi connectivity index (χ0) is 14.8. The molecule has 0 aromatic heterocycles. The molecular formula is C18H26N2O. The van der Waals surface area contributed by atoms with Gasteiger partial charge in [0.05, 0.1) is 6.04 Å². The van der Waals surface area contributed by atoms with Crippen molar-refractivity contribution in [3.63, 3.8) is 0 Å². The molecule has 0 radical (unpaired) electrons. The Labute approximate surface area is 127 Å². The fourth-order valence-electron chi connectivity index (χ4n) is 3.65. The van der Waals surface area contributed by atoms with E-state index in [2.05, 4.69) is 29.7 Å². The van der Waals surface area contributed by atoms with Gasteiger partial charge in [-0.25, -0.2) is 0 Å². The Morgan fingerprint density at radius 3 is 2.81 bits per heavy atom. The van der Waals surface area contributed by atoms with E-state index in [1.165, 1.54) is 43.4 Å². The number of hydrogen-bond acceptors (Lipinski definition) is 3. The lowest BCUT2D eigenvalue weighted by atomic mass is 9.94. The molecule has 2 aliphatic rings. The zero-order valence-corrected chi connectivity index (χ0v) is 13.1. The summed E-state index contributed by atoms with van der Waals surface area (Å²) < 4.78 is 0. The Hall–Kier alpha value is -1.35. The van der Waals surface area contributed by atoms with E-state index in [0.29, 0.717) is 12.1 Å². The number of nitrogens with one attached hydrogen (secondary N) is 2. The standard InChI is InChI=1S/C18H26N2O/c1-12-10-15-11-14(8-9-17(15)19-12)18(21)13(2)20-16-6-4-3-5-7-16/h8-9,11-13,16,19-20H,3-7,10H2,1-2H3. The van der Waals surface area contributed by atoms with Crippen LogP contribution in [0.25, 0.3) is 0 Å². The van der Waals surface area contributed by atoms with Gasteiger partial charge >= 0.3 is 0 Å². The minimum absolute atomic E-state index is 0.0852. The molecule has 1 heterocycles. The zero-order valence-electron chi connectivity index (χ0n) is 13.1. The number of fused-ring (bicyclic) bond motifs is 1. The first-order chi connectivity index (χ1) is 10.1. The molecular weight excluding hydrogens is 260 g/mol. The van der Waals surface area contributed by atoms with Crippen LogP contribution in [0.3, 0.4) is 0 Å². The highest BCUT2D eigenvalue weighted by atomic mass is 16.1. The summed E-state index contributed by atoms with van der Waals surface area (Å²) in [5.74, 6) is 0.225. The lowest BCUT2D eigenvalue weighted by Gasteiger charge is -2.26. The van der Waals surface area contributed by atoms with E-state index in [0.717, 1.165) is 12.0 Å². The van der Waals surface area contributed by atoms with Crippen molar-refractivity contribution in [2.75, 3.05) is 5.32 Å². The monoisotopic (exact) mass is 286 g/mol. The summed E-state index contributed by atoms with van der Waals surface area (Å²) in [6, 6.07) is 7.01. The summed E-state index contributed by atoms with van der Waals surface area (Å²) in [6.07, 6.45) is 7.37. The number of anilines is 1. The topological polar surface area (TPSA) is 41.1 Å². The normalized spacial score (nSPS) is 23.4. The number of benzene rings is 1. The average Bonchev–Trinajstić information content (AvgIpc) is 2.86. The predicted octanol–water partition coefficient (Wildman–Crippen LogP) is 3.54. The van der Waals surface area contributed by atoms with Crippen molar-refractivity contribution in [1.82, 2.24) is 5.32 Å². The van der Waals surface area contributed by atoms with E-state index in [1.54, 1.807) is 0 Å². The molecule has 1 aliphatic carbocycles. The molecule has 0 amide bonds. The van der Waals surface area contributed by atoms with Crippen LogP contribution in [0.4, 0.5) is 5.69 Å². The van der Waals surface area contributed by atoms with Crippen LogP contribution in [0.1, 0.15) is 61.9 Å². The maximum atomic E-state index is 12.6. The highest BCUT2D eigenvalue weighted by molar-refractivity contribution is 6.00. The Morgan fingerprint density at radius 2 is 2.05 bits per heavy atom. The van der Waals surface area contributed by atoms with E-state index in [9.17, 15) is 4.79 Å². The number of rotatable bonds is 4. The second-order valence-corrected chi connectivity index (χ2v) is 6.71. The van der Waals surface area contributed by atoms with Gasteiger partial charge in [-0.2, -0.15) is 0 Å². The van der Waals surface area contributed by atoms with Crippen molar-refractivity contribution >= 4 is 11.5 Å². The highest BCUT2D eigenvalue weighted by Crippen LogP contribution is 2.27. The number of carbonyl (C=O) groups is 1. The van der Waals surface area contributed by atoms with Crippen LogP contribution in [-0.2, 0) is 6.42 Å². The third kappa shape index (κ3) is 3.29. The van der Waals surface area contributed by atoms with E-state index in [4.69, 9.17) is 0 Å².